The van der Waals surface area contributed by atoms with Crippen molar-refractivity contribution in [2.24, 2.45) is 0 Å². The summed E-state index contributed by atoms with van der Waals surface area (Å²) in [5.74, 6) is 0.672. The number of aromatic hydroxyl groups is 3. The van der Waals surface area contributed by atoms with Crippen LogP contribution in [-0.4, -0.2) is 28.5 Å². The summed E-state index contributed by atoms with van der Waals surface area (Å²) >= 11 is 0. The molecule has 0 heterocycles. The van der Waals surface area contributed by atoms with Crippen LogP contribution in [0.1, 0.15) is 39.5 Å². The number of para-hydroxylation sites is 3. The maximum absolute atomic E-state index is 10.7. The molecule has 0 bridgehead atoms. The molecule has 0 atom stereocenters. The van der Waals surface area contributed by atoms with Gasteiger partial charge in [0, 0.05) is 0 Å². The van der Waals surface area contributed by atoms with Crippen LogP contribution in [0.3, 0.4) is 0 Å². The molecule has 0 saturated carbocycles. The van der Waals surface area contributed by atoms with Gasteiger partial charge in [0.2, 0.25) is 0 Å². The summed E-state index contributed by atoms with van der Waals surface area (Å²) in [5, 5.41) is 38.1. The van der Waals surface area contributed by atoms with Crippen molar-refractivity contribution in [2.45, 2.75) is 39.5 Å². The average Bonchev–Trinajstić information content (AvgIpc) is 2.81. The molecule has 0 aliphatic rings. The quantitative estimate of drug-likeness (QED) is 0.155. The van der Waals surface area contributed by atoms with Gasteiger partial charge in [0.1, 0.15) is 11.4 Å². The predicted octanol–water partition coefficient (Wildman–Crippen LogP) is 6.65. The first-order valence-electron chi connectivity index (χ1n) is 11.3. The Morgan fingerprint density at radius 1 is 0.636 bits per heavy atom. The number of unbranched alkanes of at least 4 members (excludes halogenated alkanes) is 2. The zero-order valence-electron chi connectivity index (χ0n) is 19.1. The monoisotopic (exact) mass is 452 g/mol. The molecule has 0 fully saturated rings. The largest absolute Gasteiger partial charge is 0.506 e. The number of phenolic OH excluding ortho intramolecular Hbond substituents is 3. The molecule has 3 aromatic rings. The van der Waals surface area contributed by atoms with Crippen LogP contribution >= 0.6 is 0 Å². The Morgan fingerprint density at radius 2 is 1.12 bits per heavy atom. The first-order valence-corrected chi connectivity index (χ1v) is 11.3. The van der Waals surface area contributed by atoms with Gasteiger partial charge >= 0.3 is 0 Å². The van der Waals surface area contributed by atoms with Gasteiger partial charge in [-0.15, -0.1) is 0 Å². The number of nitrogens with one attached hydrogen (secondary N) is 2. The topological polar surface area (TPSA) is 103 Å². The molecule has 33 heavy (non-hydrogen) atoms. The number of anilines is 4. The fourth-order valence-electron chi connectivity index (χ4n) is 3.19. The van der Waals surface area contributed by atoms with Crippen molar-refractivity contribution in [3.63, 3.8) is 0 Å². The first-order chi connectivity index (χ1) is 16.0. The number of hydrogen-bond donors (Lipinski definition) is 5. The maximum Gasteiger partial charge on any atom is 0.181 e. The fraction of sp³-hybridized carbons (Fsp3) is 0.308. The van der Waals surface area contributed by atoms with E-state index in [2.05, 4.69) is 24.5 Å². The normalized spacial score (nSPS) is 10.6. The highest BCUT2D eigenvalue weighted by molar-refractivity contribution is 5.86. The number of rotatable bonds is 12. The van der Waals surface area contributed by atoms with Crippen LogP contribution in [0.15, 0.2) is 54.6 Å². The van der Waals surface area contributed by atoms with Gasteiger partial charge in [-0.2, -0.15) is 0 Å². The van der Waals surface area contributed by atoms with Gasteiger partial charge in [-0.25, -0.2) is 0 Å². The number of hydrogen-bond acceptors (Lipinski definition) is 7. The second-order valence-corrected chi connectivity index (χ2v) is 7.66. The van der Waals surface area contributed by atoms with E-state index in [0.29, 0.717) is 47.5 Å². The van der Waals surface area contributed by atoms with Crippen LogP contribution in [-0.2, 0) is 0 Å². The van der Waals surface area contributed by atoms with Crippen molar-refractivity contribution in [2.75, 3.05) is 23.8 Å². The minimum Gasteiger partial charge on any atom is -0.506 e. The van der Waals surface area contributed by atoms with E-state index >= 15 is 0 Å². The maximum atomic E-state index is 10.7. The Bertz CT molecular complexity index is 1050. The molecule has 0 aliphatic carbocycles. The molecule has 0 radical (unpaired) electrons. The molecule has 0 unspecified atom stereocenters. The second-order valence-electron chi connectivity index (χ2n) is 7.66. The van der Waals surface area contributed by atoms with Crippen LogP contribution in [0, 0.1) is 0 Å². The second kappa shape index (κ2) is 11.8. The summed E-state index contributed by atoms with van der Waals surface area (Å²) in [6, 6.07) is 15.3. The molecule has 0 aromatic heterocycles. The van der Waals surface area contributed by atoms with Crippen LogP contribution in [0.2, 0.25) is 0 Å². The van der Waals surface area contributed by atoms with E-state index in [9.17, 15) is 15.3 Å². The Balaban J connectivity index is 1.85. The van der Waals surface area contributed by atoms with Crippen LogP contribution in [0.4, 0.5) is 22.7 Å². The molecule has 5 N–H and O–H groups in total. The molecule has 7 heteroatoms. The number of ether oxygens (including phenoxy) is 2. The highest BCUT2D eigenvalue weighted by atomic mass is 16.5. The Hall–Kier alpha value is -3.74. The van der Waals surface area contributed by atoms with Gasteiger partial charge in [-0.05, 0) is 49.2 Å². The number of phenols is 3. The van der Waals surface area contributed by atoms with Gasteiger partial charge in [-0.1, -0.05) is 44.9 Å². The molecule has 7 nitrogen and oxygen atoms in total. The van der Waals surface area contributed by atoms with Gasteiger partial charge in [0.25, 0.3) is 0 Å². The molecule has 0 amide bonds. The lowest BCUT2D eigenvalue weighted by Crippen LogP contribution is -2.01. The molecule has 0 spiro atoms. The van der Waals surface area contributed by atoms with E-state index in [1.165, 1.54) is 6.07 Å². The molecular weight excluding hydrogens is 420 g/mol. The van der Waals surface area contributed by atoms with Crippen molar-refractivity contribution < 1.29 is 24.8 Å². The van der Waals surface area contributed by atoms with E-state index in [1.54, 1.807) is 48.5 Å². The van der Waals surface area contributed by atoms with E-state index in [0.717, 1.165) is 25.7 Å². The van der Waals surface area contributed by atoms with Crippen LogP contribution in [0.25, 0.3) is 0 Å². The van der Waals surface area contributed by atoms with Crippen molar-refractivity contribution in [3.05, 3.63) is 54.6 Å². The average molecular weight is 453 g/mol. The lowest BCUT2D eigenvalue weighted by Gasteiger charge is -2.18. The SMILES string of the molecule is CCCCOc1cccc(Nc2cccc(O)c2Nc2cccc(OCCCC)c2O)c1O. The summed E-state index contributed by atoms with van der Waals surface area (Å²) in [6.07, 6.45) is 3.76. The van der Waals surface area contributed by atoms with Gasteiger partial charge in [0.05, 0.1) is 30.3 Å². The van der Waals surface area contributed by atoms with Crippen molar-refractivity contribution in [3.8, 4) is 28.7 Å². The van der Waals surface area contributed by atoms with E-state index in [4.69, 9.17) is 9.47 Å². The summed E-state index contributed by atoms with van der Waals surface area (Å²) in [7, 11) is 0. The third-order valence-corrected chi connectivity index (χ3v) is 5.08. The lowest BCUT2D eigenvalue weighted by molar-refractivity contribution is 0.293. The fourth-order valence-corrected chi connectivity index (χ4v) is 3.19. The molecule has 0 aliphatic heterocycles. The molecule has 0 saturated heterocycles. The van der Waals surface area contributed by atoms with Crippen LogP contribution in [0.5, 0.6) is 28.7 Å². The summed E-state index contributed by atoms with van der Waals surface area (Å²) in [5.41, 5.74) is 1.66. The van der Waals surface area contributed by atoms with E-state index in [-0.39, 0.29) is 17.2 Å². The zero-order valence-corrected chi connectivity index (χ0v) is 19.1. The molecule has 3 rings (SSSR count). The summed E-state index contributed by atoms with van der Waals surface area (Å²) in [4.78, 5) is 0. The third kappa shape index (κ3) is 6.16. The molecule has 176 valence electrons. The third-order valence-electron chi connectivity index (χ3n) is 5.08. The highest BCUT2D eigenvalue weighted by Gasteiger charge is 2.15. The minimum atomic E-state index is -0.0445. The van der Waals surface area contributed by atoms with Gasteiger partial charge in [0.15, 0.2) is 23.0 Å². The minimum absolute atomic E-state index is 0.0166. The predicted molar refractivity (Wildman–Crippen MR) is 132 cm³/mol. The molecular formula is C26H32N2O5. The van der Waals surface area contributed by atoms with E-state index < -0.39 is 0 Å². The van der Waals surface area contributed by atoms with Crippen molar-refractivity contribution in [1.82, 2.24) is 0 Å². The first kappa shape index (κ1) is 23.9. The zero-order chi connectivity index (χ0) is 23.6. The lowest BCUT2D eigenvalue weighted by atomic mass is 10.2. The standard InChI is InChI=1S/C26H32N2O5/c1-3-5-16-32-22-14-8-11-19(25(22)30)27-18-10-7-13-21(29)24(18)28-20-12-9-15-23(26(20)31)33-17-6-4-2/h7-15,27-31H,3-6,16-17H2,1-2H3. The highest BCUT2D eigenvalue weighted by Crippen LogP contribution is 2.43. The van der Waals surface area contributed by atoms with Crippen molar-refractivity contribution in [1.29, 1.82) is 0 Å². The molecule has 3 aromatic carbocycles. The summed E-state index contributed by atoms with van der Waals surface area (Å²) < 4.78 is 11.3. The summed E-state index contributed by atoms with van der Waals surface area (Å²) in [6.45, 7) is 5.16. The van der Waals surface area contributed by atoms with Gasteiger partial charge < -0.3 is 35.4 Å². The Kier molecular flexibility index (Phi) is 8.52. The smallest absolute Gasteiger partial charge is 0.181 e. The van der Waals surface area contributed by atoms with E-state index in [1.807, 2.05) is 0 Å². The Labute approximate surface area is 194 Å². The van der Waals surface area contributed by atoms with Gasteiger partial charge in [-0.3, -0.25) is 0 Å². The number of benzene rings is 3. The Morgan fingerprint density at radius 3 is 1.67 bits per heavy atom. The van der Waals surface area contributed by atoms with Crippen molar-refractivity contribution >= 4 is 22.7 Å². The van der Waals surface area contributed by atoms with Crippen LogP contribution < -0.4 is 20.1 Å².